The Kier molecular flexibility index (Phi) is 5.55. The van der Waals surface area contributed by atoms with E-state index in [1.54, 1.807) is 6.07 Å². The zero-order valence-corrected chi connectivity index (χ0v) is 15.9. The molecule has 0 bridgehead atoms. The SMILES string of the molecule is CC[NH+]1CCN(C(=O)[C@H](C)Sc2nc3ccc([N+](=O)[O-])cc3s2)CC1. The van der Waals surface area contributed by atoms with Crippen molar-refractivity contribution in [2.24, 2.45) is 0 Å². The quantitative estimate of drug-likeness (QED) is 0.481. The summed E-state index contributed by atoms with van der Waals surface area (Å²) in [4.78, 5) is 31.1. The van der Waals surface area contributed by atoms with Crippen molar-refractivity contribution in [2.75, 3.05) is 32.7 Å². The van der Waals surface area contributed by atoms with Crippen LogP contribution in [-0.2, 0) is 4.79 Å². The van der Waals surface area contributed by atoms with E-state index in [0.717, 1.165) is 47.3 Å². The van der Waals surface area contributed by atoms with Crippen LogP contribution in [-0.4, -0.2) is 58.7 Å². The number of carbonyl (C=O) groups is 1. The van der Waals surface area contributed by atoms with Crippen LogP contribution in [0.1, 0.15) is 13.8 Å². The molecule has 25 heavy (non-hydrogen) atoms. The molecule has 2 heterocycles. The molecule has 7 nitrogen and oxygen atoms in total. The van der Waals surface area contributed by atoms with Crippen molar-refractivity contribution in [3.63, 3.8) is 0 Å². The Morgan fingerprint density at radius 1 is 1.48 bits per heavy atom. The summed E-state index contributed by atoms with van der Waals surface area (Å²) in [6, 6.07) is 4.66. The number of nitro groups is 1. The summed E-state index contributed by atoms with van der Waals surface area (Å²) in [6.45, 7) is 8.79. The standard InChI is InChI=1S/C16H20N4O3S2/c1-3-18-6-8-19(9-7-18)15(21)11(2)24-16-17-13-5-4-12(20(22)23)10-14(13)25-16/h4-5,10-11H,3,6-9H2,1-2H3/p+1/t11-/m0/s1. The van der Waals surface area contributed by atoms with E-state index in [1.165, 1.54) is 40.1 Å². The third-order valence-electron chi connectivity index (χ3n) is 4.47. The number of nitro benzene ring substituents is 1. The van der Waals surface area contributed by atoms with Gasteiger partial charge in [-0.3, -0.25) is 14.9 Å². The van der Waals surface area contributed by atoms with Crippen molar-refractivity contribution in [3.8, 4) is 0 Å². The van der Waals surface area contributed by atoms with Gasteiger partial charge in [-0.2, -0.15) is 0 Å². The van der Waals surface area contributed by atoms with Crippen LogP contribution in [0.5, 0.6) is 0 Å². The Bertz CT molecular complexity index is 787. The van der Waals surface area contributed by atoms with Crippen LogP contribution in [0, 0.1) is 10.1 Å². The topological polar surface area (TPSA) is 80.8 Å². The number of nitrogens with one attached hydrogen (secondary N) is 1. The first-order valence-electron chi connectivity index (χ1n) is 8.32. The predicted octanol–water partition coefficient (Wildman–Crippen LogP) is 1.43. The third-order valence-corrected chi connectivity index (χ3v) is 6.67. The van der Waals surface area contributed by atoms with Gasteiger partial charge in [0.2, 0.25) is 5.91 Å². The summed E-state index contributed by atoms with van der Waals surface area (Å²) < 4.78 is 1.55. The molecular weight excluding hydrogens is 360 g/mol. The second kappa shape index (κ2) is 7.67. The van der Waals surface area contributed by atoms with E-state index in [1.807, 2.05) is 11.8 Å². The fourth-order valence-electron chi connectivity index (χ4n) is 2.91. The van der Waals surface area contributed by atoms with Crippen LogP contribution in [0.2, 0.25) is 0 Å². The number of fused-ring (bicyclic) bond motifs is 1. The van der Waals surface area contributed by atoms with Gasteiger partial charge in [-0.1, -0.05) is 11.8 Å². The number of hydrogen-bond donors (Lipinski definition) is 1. The van der Waals surface area contributed by atoms with Crippen LogP contribution in [0.4, 0.5) is 5.69 Å². The van der Waals surface area contributed by atoms with Gasteiger partial charge < -0.3 is 9.80 Å². The molecule has 1 saturated heterocycles. The van der Waals surface area contributed by atoms with E-state index in [0.29, 0.717) is 0 Å². The molecular formula is C16H21N4O3S2+. The van der Waals surface area contributed by atoms with Crippen LogP contribution >= 0.6 is 23.1 Å². The Morgan fingerprint density at radius 2 is 2.20 bits per heavy atom. The minimum absolute atomic E-state index is 0.0631. The van der Waals surface area contributed by atoms with Crippen molar-refractivity contribution >= 4 is 44.9 Å². The lowest BCUT2D eigenvalue weighted by Gasteiger charge is -2.32. The molecule has 1 atom stereocenters. The monoisotopic (exact) mass is 381 g/mol. The van der Waals surface area contributed by atoms with Gasteiger partial charge in [0.1, 0.15) is 0 Å². The fourth-order valence-corrected chi connectivity index (χ4v) is 5.24. The first-order chi connectivity index (χ1) is 12.0. The normalized spacial score (nSPS) is 17.0. The summed E-state index contributed by atoms with van der Waals surface area (Å²) >= 11 is 2.83. The van der Waals surface area contributed by atoms with Crippen LogP contribution < -0.4 is 4.90 Å². The molecule has 9 heteroatoms. The lowest BCUT2D eigenvalue weighted by atomic mass is 10.3. The molecule has 1 N–H and O–H groups in total. The minimum Gasteiger partial charge on any atom is -0.332 e. The summed E-state index contributed by atoms with van der Waals surface area (Å²) in [5.74, 6) is 0.144. The molecule has 1 amide bonds. The highest BCUT2D eigenvalue weighted by atomic mass is 32.2. The molecule has 0 spiro atoms. The molecule has 134 valence electrons. The summed E-state index contributed by atoms with van der Waals surface area (Å²) in [5.41, 5.74) is 0.797. The number of carbonyl (C=O) groups excluding carboxylic acids is 1. The second-order valence-electron chi connectivity index (χ2n) is 6.08. The molecule has 0 saturated carbocycles. The summed E-state index contributed by atoms with van der Waals surface area (Å²) in [6.07, 6.45) is 0. The van der Waals surface area contributed by atoms with Crippen molar-refractivity contribution in [2.45, 2.75) is 23.4 Å². The molecule has 1 aliphatic rings. The lowest BCUT2D eigenvalue weighted by molar-refractivity contribution is -0.902. The van der Waals surface area contributed by atoms with E-state index >= 15 is 0 Å². The van der Waals surface area contributed by atoms with Crippen molar-refractivity contribution in [1.29, 1.82) is 0 Å². The van der Waals surface area contributed by atoms with Crippen molar-refractivity contribution in [1.82, 2.24) is 9.88 Å². The van der Waals surface area contributed by atoms with Crippen LogP contribution in [0.25, 0.3) is 10.2 Å². The fraction of sp³-hybridized carbons (Fsp3) is 0.500. The van der Waals surface area contributed by atoms with Gasteiger partial charge >= 0.3 is 0 Å². The Balaban J connectivity index is 1.66. The molecule has 0 unspecified atom stereocenters. The highest BCUT2D eigenvalue weighted by Crippen LogP contribution is 2.34. The molecule has 1 aliphatic heterocycles. The van der Waals surface area contributed by atoms with Gasteiger partial charge in [0, 0.05) is 12.1 Å². The van der Waals surface area contributed by atoms with Gasteiger partial charge in [0.25, 0.3) is 5.69 Å². The van der Waals surface area contributed by atoms with Gasteiger partial charge in [-0.25, -0.2) is 4.98 Å². The Morgan fingerprint density at radius 3 is 2.84 bits per heavy atom. The molecule has 1 aromatic heterocycles. The van der Waals surface area contributed by atoms with Crippen LogP contribution in [0.3, 0.4) is 0 Å². The van der Waals surface area contributed by atoms with Gasteiger partial charge in [-0.15, -0.1) is 11.3 Å². The van der Waals surface area contributed by atoms with Crippen molar-refractivity contribution < 1.29 is 14.6 Å². The predicted molar refractivity (Wildman–Crippen MR) is 99.4 cm³/mol. The average Bonchev–Trinajstić information content (AvgIpc) is 3.02. The average molecular weight is 382 g/mol. The molecule has 1 fully saturated rings. The largest absolute Gasteiger partial charge is 0.332 e. The highest BCUT2D eigenvalue weighted by molar-refractivity contribution is 8.02. The van der Waals surface area contributed by atoms with Gasteiger partial charge in [-0.05, 0) is 19.9 Å². The summed E-state index contributed by atoms with van der Waals surface area (Å²) in [7, 11) is 0. The maximum Gasteiger partial charge on any atom is 0.270 e. The zero-order chi connectivity index (χ0) is 18.0. The van der Waals surface area contributed by atoms with Crippen molar-refractivity contribution in [3.05, 3.63) is 28.3 Å². The van der Waals surface area contributed by atoms with E-state index in [4.69, 9.17) is 0 Å². The first kappa shape index (κ1) is 18.1. The van der Waals surface area contributed by atoms with E-state index in [-0.39, 0.29) is 16.8 Å². The number of rotatable bonds is 5. The lowest BCUT2D eigenvalue weighted by Crippen LogP contribution is -3.14. The van der Waals surface area contributed by atoms with Crippen LogP contribution in [0.15, 0.2) is 22.5 Å². The number of likely N-dealkylation sites (N-methyl/N-ethyl adjacent to an activating group) is 1. The van der Waals surface area contributed by atoms with E-state index in [2.05, 4.69) is 11.9 Å². The number of piperazine rings is 1. The first-order valence-corrected chi connectivity index (χ1v) is 10.0. The number of amides is 1. The number of non-ortho nitro benzene ring substituents is 1. The maximum atomic E-state index is 12.6. The number of hydrogen-bond acceptors (Lipinski definition) is 6. The smallest absolute Gasteiger partial charge is 0.270 e. The number of benzene rings is 1. The summed E-state index contributed by atoms with van der Waals surface area (Å²) in [5, 5.41) is 10.7. The second-order valence-corrected chi connectivity index (χ2v) is 8.70. The van der Waals surface area contributed by atoms with Gasteiger partial charge in [0.15, 0.2) is 4.34 Å². The number of thiazole rings is 1. The van der Waals surface area contributed by atoms with Gasteiger partial charge in [0.05, 0.1) is 53.1 Å². The highest BCUT2D eigenvalue weighted by Gasteiger charge is 2.27. The third kappa shape index (κ3) is 4.10. The van der Waals surface area contributed by atoms with E-state index in [9.17, 15) is 14.9 Å². The van der Waals surface area contributed by atoms with E-state index < -0.39 is 4.92 Å². The molecule has 1 aromatic carbocycles. The molecule has 3 rings (SSSR count). The molecule has 2 aromatic rings. The maximum absolute atomic E-state index is 12.6. The Labute approximate surface area is 154 Å². The number of quaternary nitrogens is 1. The molecule has 0 aliphatic carbocycles. The number of thioether (sulfide) groups is 1. The number of nitrogens with zero attached hydrogens (tertiary/aromatic N) is 3. The molecule has 0 radical (unpaired) electrons. The minimum atomic E-state index is -0.407. The zero-order valence-electron chi connectivity index (χ0n) is 14.2. The number of aromatic nitrogens is 1. The Hall–Kier alpha value is -1.71.